The first kappa shape index (κ1) is 15.2. The molecule has 0 atom stereocenters. The molecule has 5 rings (SSSR count). The number of benzene rings is 2. The van der Waals surface area contributed by atoms with Gasteiger partial charge in [0, 0.05) is 23.2 Å². The summed E-state index contributed by atoms with van der Waals surface area (Å²) in [5.41, 5.74) is 4.74. The summed E-state index contributed by atoms with van der Waals surface area (Å²) in [5.74, 6) is 0.783. The second kappa shape index (κ2) is 6.04. The molecule has 0 amide bonds. The highest BCUT2D eigenvalue weighted by molar-refractivity contribution is 9.15. The molecule has 4 nitrogen and oxygen atoms in total. The average molecular weight is 401 g/mol. The molecule has 124 valence electrons. The molecule has 0 saturated carbocycles. The lowest BCUT2D eigenvalue weighted by Crippen LogP contribution is -1.86. The number of hydrogen-bond acceptors (Lipinski definition) is 3. The summed E-state index contributed by atoms with van der Waals surface area (Å²) in [4.78, 5) is 17.4. The van der Waals surface area contributed by atoms with Crippen LogP contribution in [-0.4, -0.2) is 19.9 Å². The molecular formula is C21H13BrN4. The summed E-state index contributed by atoms with van der Waals surface area (Å²) >= 11 is 3.67. The van der Waals surface area contributed by atoms with Gasteiger partial charge in [0.1, 0.15) is 5.82 Å². The Balaban J connectivity index is 1.81. The third kappa shape index (κ3) is 2.40. The van der Waals surface area contributed by atoms with Crippen LogP contribution >= 0.6 is 15.9 Å². The van der Waals surface area contributed by atoms with Crippen molar-refractivity contribution in [2.75, 3.05) is 0 Å². The maximum absolute atomic E-state index is 4.85. The molecule has 0 radical (unpaired) electrons. The topological polar surface area (TPSA) is 54.5 Å². The zero-order valence-corrected chi connectivity index (χ0v) is 15.2. The number of pyridine rings is 2. The highest BCUT2D eigenvalue weighted by atomic mass is 79.9. The second-order valence-electron chi connectivity index (χ2n) is 6.01. The van der Waals surface area contributed by atoms with Crippen molar-refractivity contribution < 1.29 is 0 Å². The van der Waals surface area contributed by atoms with Crippen molar-refractivity contribution >= 4 is 59.3 Å². The molecule has 2 aromatic carbocycles. The minimum absolute atomic E-state index is 0.783. The highest BCUT2D eigenvalue weighted by Gasteiger charge is 2.15. The number of nitrogens with zero attached hydrogens (tertiary/aromatic N) is 3. The van der Waals surface area contributed by atoms with Gasteiger partial charge in [0.05, 0.1) is 26.5 Å². The molecule has 5 aromatic rings. The number of hydrogen-bond donors (Lipinski definition) is 1. The van der Waals surface area contributed by atoms with E-state index in [1.807, 2.05) is 36.4 Å². The van der Waals surface area contributed by atoms with E-state index in [9.17, 15) is 0 Å². The van der Waals surface area contributed by atoms with Gasteiger partial charge >= 0.3 is 0 Å². The van der Waals surface area contributed by atoms with Crippen LogP contribution in [0.1, 0.15) is 11.4 Å². The van der Waals surface area contributed by atoms with E-state index in [2.05, 4.69) is 55.2 Å². The van der Waals surface area contributed by atoms with E-state index < -0.39 is 0 Å². The standard InChI is InChI=1S/C21H13BrN4/c22-16(12-13-6-2-1-3-7-13)21-25-19-14-8-4-10-23-17(14)18-15(20(19)26-21)9-5-11-24-18/h1-12H,(H,25,26)/b16-12+. The monoisotopic (exact) mass is 400 g/mol. The van der Waals surface area contributed by atoms with E-state index in [1.165, 1.54) is 0 Å². The van der Waals surface area contributed by atoms with Gasteiger partial charge in [-0.25, -0.2) is 4.98 Å². The molecule has 0 bridgehead atoms. The Morgan fingerprint density at radius 1 is 0.808 bits per heavy atom. The Morgan fingerprint density at radius 3 is 2.27 bits per heavy atom. The number of aromatic amines is 1. The number of H-pyrrole nitrogens is 1. The van der Waals surface area contributed by atoms with E-state index in [0.717, 1.165) is 48.7 Å². The smallest absolute Gasteiger partial charge is 0.145 e. The third-order valence-corrected chi connectivity index (χ3v) is 4.99. The van der Waals surface area contributed by atoms with Crippen molar-refractivity contribution in [2.45, 2.75) is 0 Å². The van der Waals surface area contributed by atoms with Gasteiger partial charge in [0.15, 0.2) is 0 Å². The van der Waals surface area contributed by atoms with E-state index in [1.54, 1.807) is 12.4 Å². The quantitative estimate of drug-likeness (QED) is 0.395. The first-order valence-corrected chi connectivity index (χ1v) is 9.04. The van der Waals surface area contributed by atoms with E-state index in [-0.39, 0.29) is 0 Å². The number of nitrogens with one attached hydrogen (secondary N) is 1. The minimum atomic E-state index is 0.783. The first-order valence-electron chi connectivity index (χ1n) is 8.25. The van der Waals surface area contributed by atoms with Crippen LogP contribution in [-0.2, 0) is 0 Å². The zero-order chi connectivity index (χ0) is 17.5. The molecule has 3 aromatic heterocycles. The van der Waals surface area contributed by atoms with Crippen molar-refractivity contribution in [3.63, 3.8) is 0 Å². The fourth-order valence-corrected chi connectivity index (χ4v) is 3.67. The predicted molar refractivity (Wildman–Crippen MR) is 110 cm³/mol. The molecule has 0 aliphatic rings. The van der Waals surface area contributed by atoms with Crippen LogP contribution in [0, 0.1) is 0 Å². The average Bonchev–Trinajstić information content (AvgIpc) is 3.15. The van der Waals surface area contributed by atoms with E-state index in [0.29, 0.717) is 0 Å². The molecule has 0 aliphatic carbocycles. The van der Waals surface area contributed by atoms with Crippen molar-refractivity contribution in [3.8, 4) is 0 Å². The minimum Gasteiger partial charge on any atom is -0.337 e. The molecule has 0 saturated heterocycles. The molecule has 0 spiro atoms. The Hall–Kier alpha value is -3.05. The summed E-state index contributed by atoms with van der Waals surface area (Å²) < 4.78 is 0.897. The molecule has 1 N–H and O–H groups in total. The molecule has 3 heterocycles. The van der Waals surface area contributed by atoms with Gasteiger partial charge in [-0.05, 0) is 51.8 Å². The van der Waals surface area contributed by atoms with Crippen LogP contribution in [0.25, 0.3) is 43.4 Å². The van der Waals surface area contributed by atoms with E-state index >= 15 is 0 Å². The predicted octanol–water partition coefficient (Wildman–Crippen LogP) is 5.55. The fourth-order valence-electron chi connectivity index (χ4n) is 3.22. The molecule has 0 aliphatic heterocycles. The largest absolute Gasteiger partial charge is 0.337 e. The Labute approximate surface area is 157 Å². The Kier molecular flexibility index (Phi) is 3.53. The Bertz CT molecular complexity index is 1220. The first-order chi connectivity index (χ1) is 12.8. The molecule has 5 heteroatoms. The highest BCUT2D eigenvalue weighted by Crippen LogP contribution is 2.33. The number of aromatic nitrogens is 4. The summed E-state index contributed by atoms with van der Waals surface area (Å²) in [7, 11) is 0. The van der Waals surface area contributed by atoms with Gasteiger partial charge in [0.25, 0.3) is 0 Å². The Morgan fingerprint density at radius 2 is 1.50 bits per heavy atom. The number of rotatable bonds is 2. The van der Waals surface area contributed by atoms with Gasteiger partial charge < -0.3 is 4.98 Å². The van der Waals surface area contributed by atoms with Crippen LogP contribution in [0.15, 0.2) is 67.0 Å². The van der Waals surface area contributed by atoms with Gasteiger partial charge in [-0.15, -0.1) is 0 Å². The van der Waals surface area contributed by atoms with Gasteiger partial charge in [0.2, 0.25) is 0 Å². The van der Waals surface area contributed by atoms with Crippen molar-refractivity contribution in [2.24, 2.45) is 0 Å². The van der Waals surface area contributed by atoms with Crippen LogP contribution in [0.3, 0.4) is 0 Å². The van der Waals surface area contributed by atoms with Crippen LogP contribution in [0.2, 0.25) is 0 Å². The normalized spacial score (nSPS) is 12.3. The van der Waals surface area contributed by atoms with E-state index in [4.69, 9.17) is 4.98 Å². The molecule has 0 fully saturated rings. The summed E-state index contributed by atoms with van der Waals surface area (Å²) in [5, 5.41) is 2.02. The summed E-state index contributed by atoms with van der Waals surface area (Å²) in [6, 6.07) is 18.1. The molecule has 0 unspecified atom stereocenters. The van der Waals surface area contributed by atoms with Crippen molar-refractivity contribution in [1.29, 1.82) is 0 Å². The lowest BCUT2D eigenvalue weighted by molar-refractivity contribution is 1.29. The maximum Gasteiger partial charge on any atom is 0.145 e. The fraction of sp³-hybridized carbons (Fsp3) is 0. The summed E-state index contributed by atoms with van der Waals surface area (Å²) in [6.07, 6.45) is 5.64. The third-order valence-electron chi connectivity index (χ3n) is 4.39. The number of imidazole rings is 1. The molecule has 26 heavy (non-hydrogen) atoms. The maximum atomic E-state index is 4.85. The van der Waals surface area contributed by atoms with Crippen LogP contribution < -0.4 is 0 Å². The SMILES string of the molecule is Br/C(=C/c1ccccc1)c1nc2c3cccnc3c3ncccc3c2[nH]1. The lowest BCUT2D eigenvalue weighted by atomic mass is 10.1. The number of fused-ring (bicyclic) bond motifs is 6. The summed E-state index contributed by atoms with van der Waals surface area (Å²) in [6.45, 7) is 0. The number of halogens is 1. The van der Waals surface area contributed by atoms with Crippen molar-refractivity contribution in [3.05, 3.63) is 78.4 Å². The molecular weight excluding hydrogens is 388 g/mol. The van der Waals surface area contributed by atoms with Crippen molar-refractivity contribution in [1.82, 2.24) is 19.9 Å². The second-order valence-corrected chi connectivity index (χ2v) is 6.87. The van der Waals surface area contributed by atoms with Gasteiger partial charge in [-0.2, -0.15) is 0 Å². The van der Waals surface area contributed by atoms with Crippen LogP contribution in [0.5, 0.6) is 0 Å². The zero-order valence-electron chi connectivity index (χ0n) is 13.6. The lowest BCUT2D eigenvalue weighted by Gasteiger charge is -2.03. The van der Waals surface area contributed by atoms with Crippen LogP contribution in [0.4, 0.5) is 0 Å². The van der Waals surface area contributed by atoms with Gasteiger partial charge in [-0.1, -0.05) is 30.3 Å². The van der Waals surface area contributed by atoms with Gasteiger partial charge in [-0.3, -0.25) is 9.97 Å².